The summed E-state index contributed by atoms with van der Waals surface area (Å²) >= 11 is 0. The summed E-state index contributed by atoms with van der Waals surface area (Å²) in [5.41, 5.74) is 2.12. The summed E-state index contributed by atoms with van der Waals surface area (Å²) in [5.74, 6) is 0. The number of aromatic nitrogens is 2. The maximum absolute atomic E-state index is 4.27. The number of hydrogen-bond donors (Lipinski definition) is 1. The van der Waals surface area contributed by atoms with Crippen molar-refractivity contribution < 1.29 is 0 Å². The summed E-state index contributed by atoms with van der Waals surface area (Å²) in [7, 11) is 2.00. The molecule has 3 heteroatoms. The number of hydrogen-bond acceptors (Lipinski definition) is 2. The van der Waals surface area contributed by atoms with Gasteiger partial charge in [0.15, 0.2) is 0 Å². The van der Waals surface area contributed by atoms with E-state index in [1.807, 2.05) is 17.9 Å². The molecule has 1 aromatic rings. The molecule has 1 saturated carbocycles. The lowest BCUT2D eigenvalue weighted by molar-refractivity contribution is 0.229. The summed E-state index contributed by atoms with van der Waals surface area (Å²) in [5, 5.41) is 8.00. The first kappa shape index (κ1) is 14.6. The van der Waals surface area contributed by atoms with E-state index in [0.717, 1.165) is 6.54 Å². The summed E-state index contributed by atoms with van der Waals surface area (Å²) in [6.45, 7) is 7.95. The van der Waals surface area contributed by atoms with Crippen molar-refractivity contribution in [2.45, 2.75) is 64.8 Å². The van der Waals surface area contributed by atoms with Crippen LogP contribution in [0.3, 0.4) is 0 Å². The minimum Gasteiger partial charge on any atom is -0.312 e. The highest BCUT2D eigenvalue weighted by atomic mass is 15.2. The lowest BCUT2D eigenvalue weighted by Crippen LogP contribution is -2.43. The van der Waals surface area contributed by atoms with Gasteiger partial charge in [0.05, 0.1) is 6.20 Å². The second-order valence-corrected chi connectivity index (χ2v) is 7.33. The lowest BCUT2D eigenvalue weighted by atomic mass is 9.80. The van der Waals surface area contributed by atoms with Crippen LogP contribution in [0.25, 0.3) is 0 Å². The average Bonchev–Trinajstić information content (AvgIpc) is 2.93. The standard InChI is InChI=1S/C16H29N3/c1-15(2,3)17-13-16(8-5-6-9-16)10-7-14-11-18-19(4)12-14/h11-12,17H,5-10,13H2,1-4H3. The molecule has 19 heavy (non-hydrogen) atoms. The van der Waals surface area contributed by atoms with Crippen molar-refractivity contribution in [1.29, 1.82) is 0 Å². The van der Waals surface area contributed by atoms with E-state index in [9.17, 15) is 0 Å². The van der Waals surface area contributed by atoms with Gasteiger partial charge in [0, 0.05) is 25.3 Å². The predicted octanol–water partition coefficient (Wildman–Crippen LogP) is 3.30. The van der Waals surface area contributed by atoms with Crippen molar-refractivity contribution in [3.05, 3.63) is 18.0 Å². The molecule has 0 spiro atoms. The van der Waals surface area contributed by atoms with Crippen LogP contribution in [-0.2, 0) is 13.5 Å². The van der Waals surface area contributed by atoms with Gasteiger partial charge in [-0.05, 0) is 57.4 Å². The zero-order valence-corrected chi connectivity index (χ0v) is 13.0. The van der Waals surface area contributed by atoms with Gasteiger partial charge in [-0.3, -0.25) is 4.68 Å². The van der Waals surface area contributed by atoms with Crippen LogP contribution in [0, 0.1) is 5.41 Å². The molecule has 0 amide bonds. The SMILES string of the molecule is Cn1cc(CCC2(CNC(C)(C)C)CCCC2)cn1. The van der Waals surface area contributed by atoms with Crippen molar-refractivity contribution >= 4 is 0 Å². The maximum atomic E-state index is 4.27. The molecule has 108 valence electrons. The highest BCUT2D eigenvalue weighted by Gasteiger charge is 2.34. The van der Waals surface area contributed by atoms with Gasteiger partial charge in [-0.2, -0.15) is 5.10 Å². The Hall–Kier alpha value is -0.830. The highest BCUT2D eigenvalue weighted by molar-refractivity contribution is 5.05. The Morgan fingerprint density at radius 1 is 1.32 bits per heavy atom. The molecule has 1 fully saturated rings. The monoisotopic (exact) mass is 263 g/mol. The first-order valence-electron chi connectivity index (χ1n) is 7.61. The molecular formula is C16H29N3. The molecule has 0 saturated heterocycles. The van der Waals surface area contributed by atoms with Gasteiger partial charge < -0.3 is 5.32 Å². The van der Waals surface area contributed by atoms with E-state index in [2.05, 4.69) is 37.4 Å². The van der Waals surface area contributed by atoms with E-state index in [4.69, 9.17) is 0 Å². The van der Waals surface area contributed by atoms with Gasteiger partial charge >= 0.3 is 0 Å². The normalized spacial score (nSPS) is 18.9. The molecule has 3 nitrogen and oxygen atoms in total. The van der Waals surface area contributed by atoms with Crippen molar-refractivity contribution in [1.82, 2.24) is 15.1 Å². The van der Waals surface area contributed by atoms with Gasteiger partial charge in [0.25, 0.3) is 0 Å². The Balaban J connectivity index is 1.91. The molecule has 0 aromatic carbocycles. The fraction of sp³-hybridized carbons (Fsp3) is 0.812. The van der Waals surface area contributed by atoms with E-state index < -0.39 is 0 Å². The van der Waals surface area contributed by atoms with E-state index in [1.165, 1.54) is 44.1 Å². The molecule has 1 aromatic heterocycles. The third kappa shape index (κ3) is 4.34. The molecule has 0 unspecified atom stereocenters. The third-order valence-electron chi connectivity index (χ3n) is 4.36. The van der Waals surface area contributed by atoms with E-state index in [1.54, 1.807) is 0 Å². The van der Waals surface area contributed by atoms with Crippen LogP contribution in [0.1, 0.15) is 58.4 Å². The lowest BCUT2D eigenvalue weighted by Gasteiger charge is -2.33. The maximum Gasteiger partial charge on any atom is 0.0521 e. The number of nitrogens with one attached hydrogen (secondary N) is 1. The first-order chi connectivity index (χ1) is 8.89. The quantitative estimate of drug-likeness (QED) is 0.883. The smallest absolute Gasteiger partial charge is 0.0521 e. The Morgan fingerprint density at radius 3 is 2.53 bits per heavy atom. The second kappa shape index (κ2) is 5.66. The zero-order valence-electron chi connectivity index (χ0n) is 13.0. The van der Waals surface area contributed by atoms with Crippen molar-refractivity contribution in [3.8, 4) is 0 Å². The van der Waals surface area contributed by atoms with Gasteiger partial charge in [0.1, 0.15) is 0 Å². The minimum atomic E-state index is 0.226. The molecule has 0 radical (unpaired) electrons. The molecular weight excluding hydrogens is 234 g/mol. The summed E-state index contributed by atoms with van der Waals surface area (Å²) in [6, 6.07) is 0. The summed E-state index contributed by atoms with van der Waals surface area (Å²) < 4.78 is 1.91. The molecule has 1 heterocycles. The Labute approximate surface area is 117 Å². The van der Waals surface area contributed by atoms with Gasteiger partial charge in [-0.15, -0.1) is 0 Å². The van der Waals surface area contributed by atoms with Crippen molar-refractivity contribution in [2.24, 2.45) is 12.5 Å². The molecule has 0 aliphatic heterocycles. The second-order valence-electron chi connectivity index (χ2n) is 7.33. The van der Waals surface area contributed by atoms with Gasteiger partial charge in [-0.25, -0.2) is 0 Å². The van der Waals surface area contributed by atoms with Crippen molar-refractivity contribution in [2.75, 3.05) is 6.54 Å². The largest absolute Gasteiger partial charge is 0.312 e. The molecule has 1 aliphatic rings. The van der Waals surface area contributed by atoms with E-state index >= 15 is 0 Å². The van der Waals surface area contributed by atoms with Crippen LogP contribution >= 0.6 is 0 Å². The third-order valence-corrected chi connectivity index (χ3v) is 4.36. The molecule has 2 rings (SSSR count). The van der Waals surface area contributed by atoms with Crippen LogP contribution in [-0.4, -0.2) is 21.9 Å². The Morgan fingerprint density at radius 2 is 2.00 bits per heavy atom. The predicted molar refractivity (Wildman–Crippen MR) is 80.2 cm³/mol. The zero-order chi connectivity index (χ0) is 13.9. The molecule has 1 N–H and O–H groups in total. The highest BCUT2D eigenvalue weighted by Crippen LogP contribution is 2.41. The molecule has 0 atom stereocenters. The fourth-order valence-electron chi connectivity index (χ4n) is 3.10. The minimum absolute atomic E-state index is 0.226. The summed E-state index contributed by atoms with van der Waals surface area (Å²) in [6.07, 6.45) is 12.2. The first-order valence-corrected chi connectivity index (χ1v) is 7.61. The van der Waals surface area contributed by atoms with Crippen LogP contribution in [0.2, 0.25) is 0 Å². The van der Waals surface area contributed by atoms with Gasteiger partial charge in [-0.1, -0.05) is 12.8 Å². The van der Waals surface area contributed by atoms with Crippen LogP contribution in [0.4, 0.5) is 0 Å². The van der Waals surface area contributed by atoms with Crippen LogP contribution in [0.15, 0.2) is 12.4 Å². The van der Waals surface area contributed by atoms with E-state index in [0.29, 0.717) is 5.41 Å². The van der Waals surface area contributed by atoms with Crippen LogP contribution in [0.5, 0.6) is 0 Å². The topological polar surface area (TPSA) is 29.9 Å². The van der Waals surface area contributed by atoms with Gasteiger partial charge in [0.2, 0.25) is 0 Å². The summed E-state index contributed by atoms with van der Waals surface area (Å²) in [4.78, 5) is 0. The van der Waals surface area contributed by atoms with Crippen LogP contribution < -0.4 is 5.32 Å². The van der Waals surface area contributed by atoms with E-state index in [-0.39, 0.29) is 5.54 Å². The molecule has 0 bridgehead atoms. The van der Waals surface area contributed by atoms with Crippen molar-refractivity contribution in [3.63, 3.8) is 0 Å². The fourth-order valence-corrected chi connectivity index (χ4v) is 3.10. The number of rotatable bonds is 5. The Bertz CT molecular complexity index is 394. The Kier molecular flexibility index (Phi) is 4.34. The molecule has 1 aliphatic carbocycles. The average molecular weight is 263 g/mol. The number of nitrogens with zero attached hydrogens (tertiary/aromatic N) is 2. The number of aryl methyl sites for hydroxylation is 2.